The highest BCUT2D eigenvalue weighted by atomic mass is 16.5. The predicted octanol–water partition coefficient (Wildman–Crippen LogP) is 4.70. The average Bonchev–Trinajstić information content (AvgIpc) is 3.24. The standard InChI is InChI=1S/C28H26N2O4/c1-3-34-27(33)28(2,18-19-12-6-4-7-13-19)30-26(32)25(31)23-21-16-10-11-17-22(21)29-24(23)20-14-8-5-9-15-20/h4-17,29H,3,18H2,1-2H3,(H,30,32). The summed E-state index contributed by atoms with van der Waals surface area (Å²) >= 11 is 0. The predicted molar refractivity (Wildman–Crippen MR) is 131 cm³/mol. The van der Waals surface area contributed by atoms with Crippen molar-refractivity contribution in [1.29, 1.82) is 0 Å². The number of ether oxygens (including phenoxy) is 1. The molecule has 1 heterocycles. The van der Waals surface area contributed by atoms with Gasteiger partial charge in [-0.25, -0.2) is 4.79 Å². The molecule has 4 aromatic rings. The average molecular weight is 455 g/mol. The normalized spacial score (nSPS) is 12.6. The molecule has 0 bridgehead atoms. The number of benzene rings is 3. The van der Waals surface area contributed by atoms with Crippen LogP contribution in [0.3, 0.4) is 0 Å². The highest BCUT2D eigenvalue weighted by Crippen LogP contribution is 2.31. The molecule has 6 nitrogen and oxygen atoms in total. The Morgan fingerprint density at radius 3 is 2.18 bits per heavy atom. The number of hydrogen-bond acceptors (Lipinski definition) is 4. The zero-order valence-corrected chi connectivity index (χ0v) is 19.1. The van der Waals surface area contributed by atoms with Gasteiger partial charge in [0, 0.05) is 17.3 Å². The number of H-pyrrole nitrogens is 1. The van der Waals surface area contributed by atoms with Crippen molar-refractivity contribution < 1.29 is 19.1 Å². The van der Waals surface area contributed by atoms with E-state index in [0.717, 1.165) is 16.6 Å². The summed E-state index contributed by atoms with van der Waals surface area (Å²) < 4.78 is 5.24. The van der Waals surface area contributed by atoms with Gasteiger partial charge in [-0.2, -0.15) is 0 Å². The van der Waals surface area contributed by atoms with Crippen LogP contribution in [0.25, 0.3) is 22.2 Å². The number of fused-ring (bicyclic) bond motifs is 1. The van der Waals surface area contributed by atoms with Crippen LogP contribution < -0.4 is 5.32 Å². The first-order valence-electron chi connectivity index (χ1n) is 11.2. The Hall–Kier alpha value is -4.19. The second-order valence-electron chi connectivity index (χ2n) is 8.28. The van der Waals surface area contributed by atoms with Crippen molar-refractivity contribution >= 4 is 28.6 Å². The number of para-hydroxylation sites is 1. The molecule has 0 radical (unpaired) electrons. The lowest BCUT2D eigenvalue weighted by Gasteiger charge is -2.28. The van der Waals surface area contributed by atoms with Crippen LogP contribution in [-0.2, 0) is 20.7 Å². The molecule has 34 heavy (non-hydrogen) atoms. The quantitative estimate of drug-likeness (QED) is 0.230. The maximum Gasteiger partial charge on any atom is 0.331 e. The van der Waals surface area contributed by atoms with Crippen molar-refractivity contribution in [2.24, 2.45) is 0 Å². The van der Waals surface area contributed by atoms with Crippen LogP contribution in [0.4, 0.5) is 0 Å². The monoisotopic (exact) mass is 454 g/mol. The smallest absolute Gasteiger partial charge is 0.331 e. The van der Waals surface area contributed by atoms with Gasteiger partial charge in [-0.3, -0.25) is 9.59 Å². The number of esters is 1. The lowest BCUT2D eigenvalue weighted by atomic mass is 9.92. The van der Waals surface area contributed by atoms with E-state index in [-0.39, 0.29) is 18.6 Å². The van der Waals surface area contributed by atoms with Crippen LogP contribution >= 0.6 is 0 Å². The number of amides is 1. The number of rotatable bonds is 8. The molecule has 172 valence electrons. The van der Waals surface area contributed by atoms with E-state index in [0.29, 0.717) is 11.1 Å². The Morgan fingerprint density at radius 1 is 0.882 bits per heavy atom. The number of carbonyl (C=O) groups excluding carboxylic acids is 3. The van der Waals surface area contributed by atoms with Gasteiger partial charge in [0.05, 0.1) is 17.9 Å². The van der Waals surface area contributed by atoms with Crippen molar-refractivity contribution in [2.45, 2.75) is 25.8 Å². The van der Waals surface area contributed by atoms with Crippen molar-refractivity contribution in [3.8, 4) is 11.3 Å². The first-order chi connectivity index (χ1) is 16.4. The van der Waals surface area contributed by atoms with Gasteiger partial charge >= 0.3 is 5.97 Å². The van der Waals surface area contributed by atoms with Gasteiger partial charge in [0.2, 0.25) is 0 Å². The molecule has 0 saturated carbocycles. The largest absolute Gasteiger partial charge is 0.464 e. The number of Topliss-reactive ketones (excluding diaryl/α,β-unsaturated/α-hetero) is 1. The van der Waals surface area contributed by atoms with Crippen LogP contribution in [-0.4, -0.2) is 34.8 Å². The Kier molecular flexibility index (Phi) is 6.59. The third kappa shape index (κ3) is 4.62. The lowest BCUT2D eigenvalue weighted by Crippen LogP contribution is -2.56. The van der Waals surface area contributed by atoms with Crippen LogP contribution in [0.5, 0.6) is 0 Å². The molecule has 1 unspecified atom stereocenters. The highest BCUT2D eigenvalue weighted by Gasteiger charge is 2.39. The number of aromatic nitrogens is 1. The third-order valence-corrected chi connectivity index (χ3v) is 5.72. The molecule has 1 aromatic heterocycles. The third-order valence-electron chi connectivity index (χ3n) is 5.72. The molecule has 3 aromatic carbocycles. The first-order valence-corrected chi connectivity index (χ1v) is 11.2. The van der Waals surface area contributed by atoms with Gasteiger partial charge in [0.25, 0.3) is 11.7 Å². The number of nitrogens with one attached hydrogen (secondary N) is 2. The number of hydrogen-bond donors (Lipinski definition) is 2. The van der Waals surface area contributed by atoms with E-state index in [1.807, 2.05) is 78.9 Å². The molecule has 6 heteroatoms. The summed E-state index contributed by atoms with van der Waals surface area (Å²) in [6.07, 6.45) is 0.186. The Bertz CT molecular complexity index is 1330. The van der Waals surface area contributed by atoms with E-state index in [2.05, 4.69) is 10.3 Å². The molecule has 0 aliphatic heterocycles. The topological polar surface area (TPSA) is 88.3 Å². The fourth-order valence-electron chi connectivity index (χ4n) is 4.08. The van der Waals surface area contributed by atoms with Crippen molar-refractivity contribution in [3.63, 3.8) is 0 Å². The van der Waals surface area contributed by atoms with E-state index in [9.17, 15) is 14.4 Å². The Balaban J connectivity index is 1.71. The molecule has 0 aliphatic rings. The molecule has 4 rings (SSSR count). The van der Waals surface area contributed by atoms with Gasteiger partial charge in [0.1, 0.15) is 5.54 Å². The summed E-state index contributed by atoms with van der Waals surface area (Å²) in [6, 6.07) is 26.0. The summed E-state index contributed by atoms with van der Waals surface area (Å²) in [5, 5.41) is 3.32. The van der Waals surface area contributed by atoms with E-state index in [1.54, 1.807) is 19.9 Å². The number of aromatic amines is 1. The van der Waals surface area contributed by atoms with E-state index in [1.165, 1.54) is 0 Å². The minimum absolute atomic E-state index is 0.160. The van der Waals surface area contributed by atoms with E-state index < -0.39 is 23.2 Å². The maximum absolute atomic E-state index is 13.5. The molecular formula is C28H26N2O4. The van der Waals surface area contributed by atoms with Crippen molar-refractivity contribution in [2.75, 3.05) is 6.61 Å². The molecule has 2 N–H and O–H groups in total. The second-order valence-corrected chi connectivity index (χ2v) is 8.28. The molecule has 1 atom stereocenters. The van der Waals surface area contributed by atoms with Crippen LogP contribution in [0.15, 0.2) is 84.9 Å². The van der Waals surface area contributed by atoms with Crippen LogP contribution in [0, 0.1) is 0 Å². The molecule has 0 aliphatic carbocycles. The summed E-state index contributed by atoms with van der Waals surface area (Å²) in [4.78, 5) is 43.0. The van der Waals surface area contributed by atoms with Crippen molar-refractivity contribution in [3.05, 3.63) is 96.1 Å². The molecular weight excluding hydrogens is 428 g/mol. The molecule has 0 fully saturated rings. The molecule has 1 amide bonds. The van der Waals surface area contributed by atoms with E-state index in [4.69, 9.17) is 4.74 Å². The highest BCUT2D eigenvalue weighted by molar-refractivity contribution is 6.46. The Labute approximate surface area is 198 Å². The number of carbonyl (C=O) groups is 3. The van der Waals surface area contributed by atoms with Gasteiger partial charge < -0.3 is 15.0 Å². The zero-order valence-electron chi connectivity index (χ0n) is 19.1. The second kappa shape index (κ2) is 9.75. The Morgan fingerprint density at radius 2 is 1.50 bits per heavy atom. The summed E-state index contributed by atoms with van der Waals surface area (Å²) in [5.74, 6) is -2.18. The molecule has 0 spiro atoms. The minimum atomic E-state index is -1.41. The van der Waals surface area contributed by atoms with Gasteiger partial charge in [0.15, 0.2) is 0 Å². The number of ketones is 1. The van der Waals surface area contributed by atoms with Crippen LogP contribution in [0.1, 0.15) is 29.8 Å². The maximum atomic E-state index is 13.5. The lowest BCUT2D eigenvalue weighted by molar-refractivity contribution is -0.152. The fraction of sp³-hybridized carbons (Fsp3) is 0.179. The summed E-state index contributed by atoms with van der Waals surface area (Å²) in [6.45, 7) is 3.44. The van der Waals surface area contributed by atoms with Gasteiger partial charge in [-0.15, -0.1) is 0 Å². The SMILES string of the molecule is CCOC(=O)C(C)(Cc1ccccc1)NC(=O)C(=O)c1c(-c2ccccc2)[nH]c2ccccc12. The van der Waals surface area contributed by atoms with Gasteiger partial charge in [-0.05, 0) is 31.0 Å². The van der Waals surface area contributed by atoms with Crippen molar-refractivity contribution in [1.82, 2.24) is 10.3 Å². The van der Waals surface area contributed by atoms with Gasteiger partial charge in [-0.1, -0.05) is 78.9 Å². The first kappa shape index (κ1) is 23.0. The summed E-state index contributed by atoms with van der Waals surface area (Å²) in [7, 11) is 0. The molecule has 0 saturated heterocycles. The van der Waals surface area contributed by atoms with Crippen LogP contribution in [0.2, 0.25) is 0 Å². The van der Waals surface area contributed by atoms with E-state index >= 15 is 0 Å². The summed E-state index contributed by atoms with van der Waals surface area (Å²) in [5.41, 5.74) is 1.78. The fourth-order valence-corrected chi connectivity index (χ4v) is 4.08. The zero-order chi connectivity index (χ0) is 24.1. The minimum Gasteiger partial charge on any atom is -0.464 e.